The second-order valence-electron chi connectivity index (χ2n) is 8.99. The zero-order chi connectivity index (χ0) is 24.2. The van der Waals surface area contributed by atoms with Crippen molar-refractivity contribution in [2.24, 2.45) is 0 Å². The van der Waals surface area contributed by atoms with E-state index in [0.29, 0.717) is 24.4 Å². The van der Waals surface area contributed by atoms with E-state index >= 15 is 0 Å². The molecule has 1 fully saturated rings. The van der Waals surface area contributed by atoms with Gasteiger partial charge in [-0.3, -0.25) is 9.69 Å². The number of para-hydroxylation sites is 1. The second-order valence-corrected chi connectivity index (χ2v) is 8.99. The number of hydrogen-bond acceptors (Lipinski definition) is 4. The smallest absolute Gasteiger partial charge is 0.257 e. The van der Waals surface area contributed by atoms with Crippen molar-refractivity contribution in [2.75, 3.05) is 26.2 Å². The van der Waals surface area contributed by atoms with Gasteiger partial charge in [-0.25, -0.2) is 9.37 Å². The molecule has 0 spiro atoms. The summed E-state index contributed by atoms with van der Waals surface area (Å²) in [5, 5.41) is 0. The number of amides is 1. The molecule has 0 atom stereocenters. The van der Waals surface area contributed by atoms with Crippen LogP contribution in [0.15, 0.2) is 73.1 Å². The van der Waals surface area contributed by atoms with Crippen LogP contribution in [0.5, 0.6) is 5.75 Å². The zero-order valence-electron chi connectivity index (χ0n) is 19.9. The summed E-state index contributed by atoms with van der Waals surface area (Å²) in [6.45, 7) is 6.07. The number of fused-ring (bicyclic) bond motifs is 1. The maximum atomic E-state index is 13.4. The highest BCUT2D eigenvalue weighted by Crippen LogP contribution is 2.22. The summed E-state index contributed by atoms with van der Waals surface area (Å²) in [6, 6.07) is 18.1. The molecule has 7 heteroatoms. The third kappa shape index (κ3) is 5.35. The number of halogens is 1. The topological polar surface area (TPSA) is 50.1 Å². The van der Waals surface area contributed by atoms with Gasteiger partial charge < -0.3 is 14.0 Å². The van der Waals surface area contributed by atoms with Crippen molar-refractivity contribution < 1.29 is 13.9 Å². The Morgan fingerprint density at radius 2 is 1.83 bits per heavy atom. The third-order valence-electron chi connectivity index (χ3n) is 6.42. The number of rotatable bonds is 6. The van der Waals surface area contributed by atoms with Crippen LogP contribution in [0.3, 0.4) is 0 Å². The van der Waals surface area contributed by atoms with E-state index in [-0.39, 0.29) is 18.3 Å². The Bertz CT molecular complexity index is 1320. The van der Waals surface area contributed by atoms with Gasteiger partial charge in [0.2, 0.25) is 0 Å². The van der Waals surface area contributed by atoms with Crippen LogP contribution in [0.25, 0.3) is 5.65 Å². The lowest BCUT2D eigenvalue weighted by atomic mass is 10.1. The molecule has 180 valence electrons. The Morgan fingerprint density at radius 3 is 2.66 bits per heavy atom. The molecule has 2 aromatic carbocycles. The summed E-state index contributed by atoms with van der Waals surface area (Å²) < 4.78 is 21.3. The Kier molecular flexibility index (Phi) is 6.77. The number of aryl methyl sites for hydroxylation is 1. The first-order valence-corrected chi connectivity index (χ1v) is 12.0. The number of carbonyl (C=O) groups is 1. The Morgan fingerprint density at radius 1 is 1.00 bits per heavy atom. The van der Waals surface area contributed by atoms with E-state index in [1.165, 1.54) is 12.1 Å². The summed E-state index contributed by atoms with van der Waals surface area (Å²) in [5.74, 6) is 0.326. The van der Waals surface area contributed by atoms with Crippen LogP contribution in [0, 0.1) is 12.7 Å². The standard InChI is InChI=1S/C28H29FN4O2/c1-21-6-4-14-33-19-24(30-27(21)33)20-35-26-8-3-2-7-25(26)28(34)32-15-5-13-31(16-17-32)18-22-9-11-23(29)12-10-22/h2-4,6-12,14,19H,5,13,15-18,20H2,1H3. The highest BCUT2D eigenvalue weighted by molar-refractivity contribution is 5.97. The largest absolute Gasteiger partial charge is 0.486 e. The fraction of sp³-hybridized carbons (Fsp3) is 0.286. The minimum Gasteiger partial charge on any atom is -0.486 e. The number of ether oxygens (including phenoxy) is 1. The number of nitrogens with zero attached hydrogens (tertiary/aromatic N) is 4. The highest BCUT2D eigenvalue weighted by atomic mass is 19.1. The van der Waals surface area contributed by atoms with E-state index in [1.807, 2.05) is 77.1 Å². The summed E-state index contributed by atoms with van der Waals surface area (Å²) in [4.78, 5) is 22.3. The van der Waals surface area contributed by atoms with Crippen LogP contribution in [0.2, 0.25) is 0 Å². The molecule has 4 aromatic rings. The van der Waals surface area contributed by atoms with Crippen molar-refractivity contribution in [1.29, 1.82) is 0 Å². The predicted octanol–water partition coefficient (Wildman–Crippen LogP) is 4.71. The Hall–Kier alpha value is -3.71. The van der Waals surface area contributed by atoms with E-state index in [2.05, 4.69) is 9.88 Å². The first kappa shape index (κ1) is 23.1. The van der Waals surface area contributed by atoms with E-state index in [9.17, 15) is 9.18 Å². The second kappa shape index (κ2) is 10.3. The molecule has 1 saturated heterocycles. The molecule has 0 radical (unpaired) electrons. The van der Waals surface area contributed by atoms with Crippen LogP contribution in [-0.2, 0) is 13.2 Å². The van der Waals surface area contributed by atoms with Crippen LogP contribution < -0.4 is 4.74 Å². The SMILES string of the molecule is Cc1cccn2cc(COc3ccccc3C(=O)N3CCCN(Cc4ccc(F)cc4)CC3)nc12. The van der Waals surface area contributed by atoms with Crippen molar-refractivity contribution >= 4 is 11.6 Å². The fourth-order valence-corrected chi connectivity index (χ4v) is 4.55. The van der Waals surface area contributed by atoms with Crippen LogP contribution in [0.1, 0.15) is 33.6 Å². The third-order valence-corrected chi connectivity index (χ3v) is 6.42. The lowest BCUT2D eigenvalue weighted by Crippen LogP contribution is -2.35. The lowest BCUT2D eigenvalue weighted by Gasteiger charge is -2.23. The molecule has 0 saturated carbocycles. The first-order valence-electron chi connectivity index (χ1n) is 12.0. The fourth-order valence-electron chi connectivity index (χ4n) is 4.55. The Labute approximate surface area is 204 Å². The summed E-state index contributed by atoms with van der Waals surface area (Å²) >= 11 is 0. The zero-order valence-corrected chi connectivity index (χ0v) is 19.9. The number of imidazole rings is 1. The van der Waals surface area contributed by atoms with Gasteiger partial charge in [0.25, 0.3) is 5.91 Å². The monoisotopic (exact) mass is 472 g/mol. The van der Waals surface area contributed by atoms with Crippen molar-refractivity contribution in [1.82, 2.24) is 19.2 Å². The molecule has 6 nitrogen and oxygen atoms in total. The molecular formula is C28H29FN4O2. The van der Waals surface area contributed by atoms with Gasteiger partial charge in [-0.1, -0.05) is 30.3 Å². The van der Waals surface area contributed by atoms with Crippen molar-refractivity contribution in [3.05, 3.63) is 101 Å². The van der Waals surface area contributed by atoms with Gasteiger partial charge in [0.05, 0.1) is 11.3 Å². The van der Waals surface area contributed by atoms with E-state index in [0.717, 1.165) is 48.5 Å². The van der Waals surface area contributed by atoms with Crippen molar-refractivity contribution in [3.8, 4) is 5.75 Å². The predicted molar refractivity (Wildman–Crippen MR) is 133 cm³/mol. The molecule has 0 N–H and O–H groups in total. The van der Waals surface area contributed by atoms with Gasteiger partial charge >= 0.3 is 0 Å². The number of aromatic nitrogens is 2. The van der Waals surface area contributed by atoms with Crippen molar-refractivity contribution in [3.63, 3.8) is 0 Å². The number of hydrogen-bond donors (Lipinski definition) is 0. The average molecular weight is 473 g/mol. The quantitative estimate of drug-likeness (QED) is 0.408. The maximum Gasteiger partial charge on any atom is 0.257 e. The molecule has 1 amide bonds. The van der Waals surface area contributed by atoms with Crippen LogP contribution >= 0.6 is 0 Å². The molecule has 1 aliphatic rings. The molecule has 5 rings (SSSR count). The Balaban J connectivity index is 1.24. The summed E-state index contributed by atoms with van der Waals surface area (Å²) in [7, 11) is 0. The van der Waals surface area contributed by atoms with Crippen LogP contribution in [-0.4, -0.2) is 51.3 Å². The van der Waals surface area contributed by atoms with E-state index < -0.39 is 0 Å². The van der Waals surface area contributed by atoms with E-state index in [4.69, 9.17) is 4.74 Å². The molecule has 1 aliphatic heterocycles. The van der Waals surface area contributed by atoms with Gasteiger partial charge in [0.1, 0.15) is 23.8 Å². The van der Waals surface area contributed by atoms with E-state index in [1.54, 1.807) is 0 Å². The molecule has 2 aromatic heterocycles. The highest BCUT2D eigenvalue weighted by Gasteiger charge is 2.23. The van der Waals surface area contributed by atoms with Gasteiger partial charge in [-0.15, -0.1) is 0 Å². The maximum absolute atomic E-state index is 13.4. The lowest BCUT2D eigenvalue weighted by molar-refractivity contribution is 0.0756. The average Bonchev–Trinajstić information content (AvgIpc) is 3.16. The van der Waals surface area contributed by atoms with Crippen molar-refractivity contribution in [2.45, 2.75) is 26.5 Å². The summed E-state index contributed by atoms with van der Waals surface area (Å²) in [6.07, 6.45) is 4.81. The molecule has 3 heterocycles. The van der Waals surface area contributed by atoms with Crippen LogP contribution in [0.4, 0.5) is 4.39 Å². The number of carbonyl (C=O) groups excluding carboxylic acids is 1. The molecule has 0 unspecified atom stereocenters. The minimum atomic E-state index is -0.224. The van der Waals surface area contributed by atoms with Gasteiger partial charge in [-0.05, 0) is 54.8 Å². The number of benzene rings is 2. The number of pyridine rings is 1. The first-order chi connectivity index (χ1) is 17.1. The molecular weight excluding hydrogens is 443 g/mol. The minimum absolute atomic E-state index is 0.0184. The van der Waals surface area contributed by atoms with Gasteiger partial charge in [-0.2, -0.15) is 0 Å². The summed E-state index contributed by atoms with van der Waals surface area (Å²) in [5.41, 5.74) is 4.47. The van der Waals surface area contributed by atoms with Gasteiger partial charge in [0.15, 0.2) is 0 Å². The molecule has 35 heavy (non-hydrogen) atoms. The normalized spacial score (nSPS) is 14.7. The van der Waals surface area contributed by atoms with Gasteiger partial charge in [0, 0.05) is 45.1 Å². The molecule has 0 bridgehead atoms. The molecule has 0 aliphatic carbocycles.